The van der Waals surface area contributed by atoms with Crippen molar-refractivity contribution in [2.24, 2.45) is 5.41 Å². The normalized spacial score (nSPS) is 20.1. The second-order valence-corrected chi connectivity index (χ2v) is 13.0. The zero-order valence-electron chi connectivity index (χ0n) is 25.9. The number of rotatable bonds is 6. The van der Waals surface area contributed by atoms with Gasteiger partial charge in [0, 0.05) is 12.1 Å². The van der Waals surface area contributed by atoms with Crippen LogP contribution < -0.4 is 0 Å². The van der Waals surface area contributed by atoms with E-state index in [4.69, 9.17) is 4.74 Å². The van der Waals surface area contributed by atoms with Crippen LogP contribution in [-0.2, 0) is 17.1 Å². The summed E-state index contributed by atoms with van der Waals surface area (Å²) in [5.74, 6) is -1.63. The lowest BCUT2D eigenvalue weighted by Crippen LogP contribution is -2.35. The highest BCUT2D eigenvalue weighted by Crippen LogP contribution is 2.46. The lowest BCUT2D eigenvalue weighted by molar-refractivity contribution is -0.143. The molecule has 0 aromatic heterocycles. The van der Waals surface area contributed by atoms with E-state index in [1.807, 2.05) is 13.8 Å². The molecule has 5 rings (SSSR count). The first-order chi connectivity index (χ1) is 21.7. The highest BCUT2D eigenvalue weighted by atomic mass is 19.4. The second-order valence-electron chi connectivity index (χ2n) is 13.0. The minimum absolute atomic E-state index is 0.000596. The average molecular weight is 664 g/mol. The molecule has 1 N–H and O–H groups in total. The number of ether oxygens (including phenoxy) is 1. The molecule has 2 aliphatic rings. The molecular weight excluding hydrogens is 631 g/mol. The minimum atomic E-state index is -5.06. The topological polar surface area (TPSA) is 66.8 Å². The van der Waals surface area contributed by atoms with Crippen molar-refractivity contribution in [2.45, 2.75) is 71.5 Å². The zero-order valence-corrected chi connectivity index (χ0v) is 25.9. The Labute approximate surface area is 266 Å². The van der Waals surface area contributed by atoms with Gasteiger partial charge in [0.05, 0.1) is 22.7 Å². The van der Waals surface area contributed by atoms with Crippen LogP contribution in [0, 0.1) is 18.2 Å². The summed E-state index contributed by atoms with van der Waals surface area (Å²) < 4.78 is 102. The molecule has 1 saturated heterocycles. The third-order valence-corrected chi connectivity index (χ3v) is 8.94. The van der Waals surface area contributed by atoms with E-state index in [-0.39, 0.29) is 29.2 Å². The lowest BCUT2D eigenvalue weighted by Gasteiger charge is -2.35. The van der Waals surface area contributed by atoms with Gasteiger partial charge in [-0.2, -0.15) is 26.3 Å². The Morgan fingerprint density at radius 2 is 1.60 bits per heavy atom. The second kappa shape index (κ2) is 12.0. The summed E-state index contributed by atoms with van der Waals surface area (Å²) in [5.41, 5.74) is 0.104. The summed E-state index contributed by atoms with van der Waals surface area (Å²) in [4.78, 5) is 25.9. The third-order valence-electron chi connectivity index (χ3n) is 8.94. The molecule has 250 valence electrons. The van der Waals surface area contributed by atoms with Crippen LogP contribution in [0.2, 0.25) is 0 Å². The first-order valence-electron chi connectivity index (χ1n) is 14.9. The molecule has 1 heterocycles. The van der Waals surface area contributed by atoms with Crippen molar-refractivity contribution >= 4 is 17.6 Å². The molecule has 3 aromatic carbocycles. The number of alkyl halides is 6. The summed E-state index contributed by atoms with van der Waals surface area (Å²) >= 11 is 0. The van der Waals surface area contributed by atoms with E-state index in [0.717, 1.165) is 17.6 Å². The van der Waals surface area contributed by atoms with Crippen LogP contribution in [0.25, 0.3) is 16.7 Å². The van der Waals surface area contributed by atoms with Gasteiger partial charge in [-0.1, -0.05) is 26.0 Å². The largest absolute Gasteiger partial charge is 0.478 e. The Balaban J connectivity index is 1.52. The van der Waals surface area contributed by atoms with Gasteiger partial charge in [0.2, 0.25) is 0 Å². The lowest BCUT2D eigenvalue weighted by atomic mass is 9.72. The quantitative estimate of drug-likeness (QED) is 0.267. The number of amides is 1. The highest BCUT2D eigenvalue weighted by molar-refractivity contribution is 5.89. The van der Waals surface area contributed by atoms with Crippen LogP contribution >= 0.6 is 0 Å². The molecule has 3 aromatic rings. The molecule has 12 heteroatoms. The number of aryl methyl sites for hydroxylation is 1. The first-order valence-corrected chi connectivity index (χ1v) is 14.9. The number of hydrogen-bond acceptors (Lipinski definition) is 3. The number of carboxylic acids is 1. The predicted molar refractivity (Wildman–Crippen MR) is 160 cm³/mol. The summed E-state index contributed by atoms with van der Waals surface area (Å²) in [7, 11) is 0. The van der Waals surface area contributed by atoms with Crippen molar-refractivity contribution in [3.05, 3.63) is 99.4 Å². The number of carboxylic acid groups (broad SMARTS) is 1. The van der Waals surface area contributed by atoms with E-state index in [2.05, 4.69) is 0 Å². The van der Waals surface area contributed by atoms with Gasteiger partial charge in [-0.3, -0.25) is 4.90 Å². The molecule has 1 aliphatic carbocycles. The fourth-order valence-electron chi connectivity index (χ4n) is 6.44. The van der Waals surface area contributed by atoms with Crippen LogP contribution in [0.15, 0.2) is 60.2 Å². The number of aromatic carboxylic acids is 1. The van der Waals surface area contributed by atoms with Gasteiger partial charge in [-0.05, 0) is 114 Å². The maximum Gasteiger partial charge on any atom is 0.416 e. The molecule has 0 saturated carbocycles. The molecule has 1 aliphatic heterocycles. The monoisotopic (exact) mass is 663 g/mol. The number of carbonyl (C=O) groups is 2. The van der Waals surface area contributed by atoms with E-state index in [9.17, 15) is 41.0 Å². The van der Waals surface area contributed by atoms with E-state index < -0.39 is 59.1 Å². The summed E-state index contributed by atoms with van der Waals surface area (Å²) in [6.45, 7) is 7.28. The first kappa shape index (κ1) is 34.0. The van der Waals surface area contributed by atoms with Crippen molar-refractivity contribution in [2.75, 3.05) is 6.54 Å². The molecular formula is C35H32F7NO4. The number of nitrogens with zero attached hydrogens (tertiary/aromatic N) is 1. The molecule has 2 atom stereocenters. The molecule has 1 amide bonds. The van der Waals surface area contributed by atoms with Crippen molar-refractivity contribution in [3.8, 4) is 11.1 Å². The van der Waals surface area contributed by atoms with Gasteiger partial charge in [0.25, 0.3) is 0 Å². The van der Waals surface area contributed by atoms with Crippen molar-refractivity contribution < 1.29 is 50.2 Å². The number of halogens is 7. The molecule has 0 bridgehead atoms. The van der Waals surface area contributed by atoms with Gasteiger partial charge in [-0.15, -0.1) is 0 Å². The van der Waals surface area contributed by atoms with E-state index in [1.165, 1.54) is 30.0 Å². The van der Waals surface area contributed by atoms with Gasteiger partial charge in [0.15, 0.2) is 0 Å². The van der Waals surface area contributed by atoms with Crippen LogP contribution in [0.5, 0.6) is 0 Å². The van der Waals surface area contributed by atoms with E-state index in [1.54, 1.807) is 25.1 Å². The Kier molecular flexibility index (Phi) is 8.70. The highest BCUT2D eigenvalue weighted by Gasteiger charge is 2.44. The SMILES string of the molecule is Cc1cc(C(=O)O)ccc1-c1cc(C2=C(CN3C(=O)O[C@H](c4cc(C(F)(F)F)cc(C(F)(F)F)c4)[C@@H]3C)CC(C)(C)CC2)ccc1F. The Morgan fingerprint density at radius 3 is 2.17 bits per heavy atom. The van der Waals surface area contributed by atoms with E-state index in [0.29, 0.717) is 41.7 Å². The van der Waals surface area contributed by atoms with Gasteiger partial charge < -0.3 is 9.84 Å². The molecule has 1 fully saturated rings. The number of hydrogen-bond donors (Lipinski definition) is 1. The molecule has 47 heavy (non-hydrogen) atoms. The predicted octanol–water partition coefficient (Wildman–Crippen LogP) is 10.1. The van der Waals surface area contributed by atoms with E-state index >= 15 is 4.39 Å². The van der Waals surface area contributed by atoms with Gasteiger partial charge in [-0.25, -0.2) is 14.0 Å². The molecule has 5 nitrogen and oxygen atoms in total. The fourth-order valence-corrected chi connectivity index (χ4v) is 6.44. The maximum atomic E-state index is 15.2. The zero-order chi connectivity index (χ0) is 34.6. The van der Waals surface area contributed by atoms with Crippen LogP contribution in [0.4, 0.5) is 35.5 Å². The number of carbonyl (C=O) groups excluding carboxylic acids is 1. The molecule has 0 spiro atoms. The smallest absolute Gasteiger partial charge is 0.416 e. The summed E-state index contributed by atoms with van der Waals surface area (Å²) in [6, 6.07) is 9.26. The van der Waals surface area contributed by atoms with Crippen molar-refractivity contribution in [1.29, 1.82) is 0 Å². The number of cyclic esters (lactones) is 1. The molecule has 0 radical (unpaired) electrons. The Morgan fingerprint density at radius 1 is 0.957 bits per heavy atom. The van der Waals surface area contributed by atoms with Gasteiger partial charge >= 0.3 is 24.4 Å². The number of allylic oxidation sites excluding steroid dienone is 1. The Hall–Kier alpha value is -4.35. The van der Waals surface area contributed by atoms with Crippen molar-refractivity contribution in [3.63, 3.8) is 0 Å². The van der Waals surface area contributed by atoms with Crippen molar-refractivity contribution in [1.82, 2.24) is 4.90 Å². The Bertz CT molecular complexity index is 1740. The van der Waals surface area contributed by atoms with Crippen LogP contribution in [0.1, 0.15) is 84.3 Å². The maximum absolute atomic E-state index is 15.2. The number of benzene rings is 3. The third kappa shape index (κ3) is 7.01. The summed E-state index contributed by atoms with van der Waals surface area (Å²) in [5, 5.41) is 9.33. The average Bonchev–Trinajstić information content (AvgIpc) is 3.24. The van der Waals surface area contributed by atoms with Crippen LogP contribution in [0.3, 0.4) is 0 Å². The standard InChI is InChI=1S/C35H32F7NO4/c1-18-11-21(31(44)45)5-7-26(18)28-14-20(6-8-29(28)36)27-9-10-33(3,4)16-23(27)17-43-19(2)30(47-32(43)46)22-12-24(34(37,38)39)15-25(13-22)35(40,41)42/h5-8,11-15,19,30H,9-10,16-17H2,1-4H3,(H,44,45)/t19-,30-/m0/s1. The minimum Gasteiger partial charge on any atom is -0.478 e. The van der Waals surface area contributed by atoms with Gasteiger partial charge in [0.1, 0.15) is 11.9 Å². The fraction of sp³-hybridized carbons (Fsp3) is 0.371. The molecule has 0 unspecified atom stereocenters. The summed E-state index contributed by atoms with van der Waals surface area (Å²) in [6.07, 6.45) is -10.5. The van der Waals surface area contributed by atoms with Crippen LogP contribution in [-0.4, -0.2) is 34.7 Å².